The van der Waals surface area contributed by atoms with Crippen LogP contribution in [0.3, 0.4) is 0 Å². The highest BCUT2D eigenvalue weighted by atomic mass is 35.5. The second kappa shape index (κ2) is 8.52. The highest BCUT2D eigenvalue weighted by Gasteiger charge is 2.41. The van der Waals surface area contributed by atoms with Crippen LogP contribution in [0.15, 0.2) is 18.2 Å². The van der Waals surface area contributed by atoms with Gasteiger partial charge in [0.15, 0.2) is 5.69 Å². The topological polar surface area (TPSA) is 65.4 Å². The molecule has 0 spiro atoms. The number of nitrogens with one attached hydrogen (secondary N) is 1. The lowest BCUT2D eigenvalue weighted by atomic mass is 10.1. The van der Waals surface area contributed by atoms with Crippen molar-refractivity contribution in [3.05, 3.63) is 40.2 Å². The van der Waals surface area contributed by atoms with Crippen molar-refractivity contribution < 1.29 is 27.4 Å². The predicted octanol–water partition coefficient (Wildman–Crippen LogP) is 4.27. The molecule has 1 heterocycles. The number of methoxy groups -OCH3 is 2. The van der Waals surface area contributed by atoms with E-state index < -0.39 is 11.9 Å². The van der Waals surface area contributed by atoms with E-state index in [-0.39, 0.29) is 29.9 Å². The number of amides is 1. The van der Waals surface area contributed by atoms with Gasteiger partial charge in [-0.2, -0.15) is 18.3 Å². The molecular weight excluding hydrogens is 411 g/mol. The lowest BCUT2D eigenvalue weighted by molar-refractivity contribution is -0.141. The molecule has 29 heavy (non-hydrogen) atoms. The lowest BCUT2D eigenvalue weighted by Gasteiger charge is -2.11. The number of benzene rings is 1. The second-order valence-electron chi connectivity index (χ2n) is 6.72. The number of alkyl halides is 3. The molecule has 0 radical (unpaired) electrons. The number of hydrogen-bond acceptors (Lipinski definition) is 4. The first-order valence-electron chi connectivity index (χ1n) is 9.09. The zero-order valence-corrected chi connectivity index (χ0v) is 16.7. The first-order chi connectivity index (χ1) is 13.8. The summed E-state index contributed by atoms with van der Waals surface area (Å²) in [5.74, 6) is 0.597. The number of hydrogen-bond donors (Lipinski definition) is 1. The predicted molar refractivity (Wildman–Crippen MR) is 101 cm³/mol. The van der Waals surface area contributed by atoms with Crippen molar-refractivity contribution >= 4 is 17.5 Å². The summed E-state index contributed by atoms with van der Waals surface area (Å²) in [6.45, 7) is 0.485. The Morgan fingerprint density at radius 3 is 2.62 bits per heavy atom. The third kappa shape index (κ3) is 4.77. The maximum absolute atomic E-state index is 13.1. The minimum Gasteiger partial charge on any atom is -0.497 e. The van der Waals surface area contributed by atoms with E-state index >= 15 is 0 Å². The molecule has 2 aromatic rings. The van der Waals surface area contributed by atoms with Gasteiger partial charge >= 0.3 is 6.18 Å². The fraction of sp³-hybridized carbons (Fsp3) is 0.474. The van der Waals surface area contributed by atoms with Crippen molar-refractivity contribution in [1.29, 1.82) is 0 Å². The van der Waals surface area contributed by atoms with Crippen molar-refractivity contribution in [3.63, 3.8) is 0 Å². The minimum atomic E-state index is -4.59. The Morgan fingerprint density at radius 1 is 1.31 bits per heavy atom. The molecule has 1 aromatic heterocycles. The second-order valence-corrected chi connectivity index (χ2v) is 7.10. The van der Waals surface area contributed by atoms with Crippen molar-refractivity contribution in [2.45, 2.75) is 37.9 Å². The van der Waals surface area contributed by atoms with E-state index in [1.165, 1.54) is 18.9 Å². The van der Waals surface area contributed by atoms with Gasteiger partial charge in [-0.1, -0.05) is 11.6 Å². The van der Waals surface area contributed by atoms with Crippen LogP contribution in [-0.2, 0) is 12.7 Å². The van der Waals surface area contributed by atoms with Gasteiger partial charge in [0, 0.05) is 25.1 Å². The maximum Gasteiger partial charge on any atom is 0.436 e. The van der Waals surface area contributed by atoms with Crippen LogP contribution in [0.2, 0.25) is 5.02 Å². The number of halogens is 4. The molecule has 0 saturated heterocycles. The molecule has 1 aliphatic rings. The maximum atomic E-state index is 13.1. The van der Waals surface area contributed by atoms with Gasteiger partial charge in [-0.05, 0) is 31.4 Å². The molecule has 1 N–H and O–H groups in total. The van der Waals surface area contributed by atoms with E-state index in [0.717, 1.165) is 12.8 Å². The van der Waals surface area contributed by atoms with Gasteiger partial charge in [0.25, 0.3) is 5.91 Å². The van der Waals surface area contributed by atoms with Crippen molar-refractivity contribution in [2.24, 2.45) is 0 Å². The van der Waals surface area contributed by atoms with Crippen LogP contribution in [-0.4, -0.2) is 36.5 Å². The molecular formula is C19H21ClF3N3O3. The van der Waals surface area contributed by atoms with Crippen LogP contribution < -0.4 is 14.8 Å². The summed E-state index contributed by atoms with van der Waals surface area (Å²) < 4.78 is 50.9. The van der Waals surface area contributed by atoms with Crippen LogP contribution in [0.5, 0.6) is 11.5 Å². The number of carbonyl (C=O) groups is 1. The smallest absolute Gasteiger partial charge is 0.436 e. The number of rotatable bonds is 8. The molecule has 0 bridgehead atoms. The van der Waals surface area contributed by atoms with E-state index in [9.17, 15) is 18.0 Å². The number of aromatic nitrogens is 2. The van der Waals surface area contributed by atoms with E-state index in [1.807, 2.05) is 0 Å². The van der Waals surface area contributed by atoms with Crippen LogP contribution in [0.1, 0.15) is 46.9 Å². The molecule has 3 rings (SSSR count). The van der Waals surface area contributed by atoms with E-state index in [0.29, 0.717) is 29.2 Å². The Morgan fingerprint density at radius 2 is 2.03 bits per heavy atom. The molecule has 10 heteroatoms. The zero-order valence-electron chi connectivity index (χ0n) is 16.0. The van der Waals surface area contributed by atoms with Gasteiger partial charge in [-0.15, -0.1) is 0 Å². The van der Waals surface area contributed by atoms with Gasteiger partial charge in [0.2, 0.25) is 0 Å². The fourth-order valence-electron chi connectivity index (χ4n) is 3.06. The monoisotopic (exact) mass is 431 g/mol. The summed E-state index contributed by atoms with van der Waals surface area (Å²) >= 11 is 5.95. The van der Waals surface area contributed by atoms with Crippen LogP contribution in [0, 0.1) is 0 Å². The van der Waals surface area contributed by atoms with Gasteiger partial charge in [0.05, 0.1) is 30.5 Å². The molecule has 1 aliphatic carbocycles. The molecule has 1 amide bonds. The average molecular weight is 432 g/mol. The van der Waals surface area contributed by atoms with Crippen LogP contribution in [0.4, 0.5) is 13.2 Å². The lowest BCUT2D eigenvalue weighted by Crippen LogP contribution is -2.26. The minimum absolute atomic E-state index is 0.0178. The van der Waals surface area contributed by atoms with Crippen molar-refractivity contribution in [1.82, 2.24) is 15.1 Å². The Balaban J connectivity index is 1.62. The normalized spacial score (nSPS) is 14.0. The summed E-state index contributed by atoms with van der Waals surface area (Å²) in [5.41, 5.74) is -0.274. The third-order valence-corrected chi connectivity index (χ3v) is 5.02. The highest BCUT2D eigenvalue weighted by molar-refractivity contribution is 6.32. The van der Waals surface area contributed by atoms with Crippen LogP contribution >= 0.6 is 11.6 Å². The average Bonchev–Trinajstić information content (AvgIpc) is 3.46. The molecule has 1 aromatic carbocycles. The SMILES string of the molecule is COc1ccc(C(=O)NCCCn2nc(C(F)(F)F)c(Cl)c2C2CC2)c(OC)c1. The number of carbonyl (C=O) groups excluding carboxylic acids is 1. The van der Waals surface area contributed by atoms with Crippen molar-refractivity contribution in [3.8, 4) is 11.5 Å². The Labute approximate surface area is 170 Å². The van der Waals surface area contributed by atoms with Crippen LogP contribution in [0.25, 0.3) is 0 Å². The Kier molecular flexibility index (Phi) is 6.26. The zero-order chi connectivity index (χ0) is 21.2. The third-order valence-electron chi connectivity index (χ3n) is 4.65. The molecule has 158 valence electrons. The molecule has 1 saturated carbocycles. The quantitative estimate of drug-likeness (QED) is 0.634. The summed E-state index contributed by atoms with van der Waals surface area (Å²) in [6.07, 6.45) is -2.59. The number of aryl methyl sites for hydroxylation is 1. The first kappa shape index (κ1) is 21.3. The summed E-state index contributed by atoms with van der Waals surface area (Å²) in [5, 5.41) is 6.11. The van der Waals surface area contributed by atoms with Gasteiger partial charge < -0.3 is 14.8 Å². The van der Waals surface area contributed by atoms with Gasteiger partial charge in [-0.3, -0.25) is 9.48 Å². The summed E-state index contributed by atoms with van der Waals surface area (Å²) in [7, 11) is 2.96. The first-order valence-corrected chi connectivity index (χ1v) is 9.47. The molecule has 0 aliphatic heterocycles. The number of nitrogens with zero attached hydrogens (tertiary/aromatic N) is 2. The van der Waals surface area contributed by atoms with E-state index in [4.69, 9.17) is 21.1 Å². The molecule has 6 nitrogen and oxygen atoms in total. The Bertz CT molecular complexity index is 895. The summed E-state index contributed by atoms with van der Waals surface area (Å²) in [4.78, 5) is 12.4. The number of ether oxygens (including phenoxy) is 2. The largest absolute Gasteiger partial charge is 0.497 e. The van der Waals surface area contributed by atoms with Crippen molar-refractivity contribution in [2.75, 3.05) is 20.8 Å². The Hall–Kier alpha value is -2.42. The highest BCUT2D eigenvalue weighted by Crippen LogP contribution is 2.46. The fourth-order valence-corrected chi connectivity index (χ4v) is 3.46. The van der Waals surface area contributed by atoms with E-state index in [2.05, 4.69) is 10.4 Å². The van der Waals surface area contributed by atoms with E-state index in [1.54, 1.807) is 18.2 Å². The van der Waals surface area contributed by atoms with Gasteiger partial charge in [-0.25, -0.2) is 0 Å². The van der Waals surface area contributed by atoms with Gasteiger partial charge in [0.1, 0.15) is 11.5 Å². The summed E-state index contributed by atoms with van der Waals surface area (Å²) in [6, 6.07) is 4.83. The molecule has 1 fully saturated rings. The standard InChI is InChI=1S/C19H21ClF3N3O3/c1-28-12-6-7-13(14(10-12)29-2)18(27)24-8-3-9-26-16(11-4-5-11)15(20)17(25-26)19(21,22)23/h6-7,10-11H,3-5,8-9H2,1-2H3,(H,24,27). The molecule has 0 atom stereocenters. The molecule has 0 unspecified atom stereocenters.